The number of hydrogen-bond donors (Lipinski definition) is 2. The zero-order chi connectivity index (χ0) is 10.3. The minimum absolute atomic E-state index is 0.588. The second kappa shape index (κ2) is 3.56. The fraction of sp³-hybridized carbons (Fsp3) is 0.667. The smallest absolute Gasteiger partial charge is 0.0521 e. The molecule has 3 nitrogen and oxygen atoms in total. The Morgan fingerprint density at radius 3 is 2.80 bits per heavy atom. The molecule has 3 rings (SSSR count). The molecule has 1 atom stereocenters. The molecule has 0 aromatic rings. The van der Waals surface area contributed by atoms with Crippen molar-refractivity contribution in [2.75, 3.05) is 13.1 Å². The van der Waals surface area contributed by atoms with Crippen LogP contribution in [0, 0.1) is 11.8 Å². The predicted octanol–water partition coefficient (Wildman–Crippen LogP) is 1.22. The van der Waals surface area contributed by atoms with Crippen molar-refractivity contribution >= 4 is 0 Å². The zero-order valence-corrected chi connectivity index (χ0v) is 9.24. The molecule has 3 aliphatic rings. The molecule has 0 bridgehead atoms. The van der Waals surface area contributed by atoms with Crippen LogP contribution >= 0.6 is 0 Å². The Labute approximate surface area is 91.2 Å². The standard InChI is InChI=1S/C12H19N3/c1-9(12-6-13-7-12)15-8-11(4-5-14-15)10-2-3-10/h4-5,8-10,12-14H,2-3,6-7H2,1H3. The molecular weight excluding hydrogens is 186 g/mol. The van der Waals surface area contributed by atoms with E-state index in [0.29, 0.717) is 6.04 Å². The van der Waals surface area contributed by atoms with Crippen molar-refractivity contribution in [3.63, 3.8) is 0 Å². The maximum atomic E-state index is 3.33. The Morgan fingerprint density at radius 1 is 1.40 bits per heavy atom. The molecule has 0 aromatic carbocycles. The third-order valence-electron chi connectivity index (χ3n) is 3.77. The molecule has 82 valence electrons. The van der Waals surface area contributed by atoms with Crippen LogP contribution in [0.4, 0.5) is 0 Å². The van der Waals surface area contributed by atoms with Crippen LogP contribution in [0.25, 0.3) is 0 Å². The zero-order valence-electron chi connectivity index (χ0n) is 9.24. The van der Waals surface area contributed by atoms with Crippen LogP contribution in [0.3, 0.4) is 0 Å². The molecule has 1 aliphatic carbocycles. The number of hydrogen-bond acceptors (Lipinski definition) is 3. The molecule has 1 unspecified atom stereocenters. The summed E-state index contributed by atoms with van der Waals surface area (Å²) in [5.41, 5.74) is 4.84. The van der Waals surface area contributed by atoms with Crippen molar-refractivity contribution in [2.24, 2.45) is 11.8 Å². The van der Waals surface area contributed by atoms with Gasteiger partial charge in [0.2, 0.25) is 0 Å². The van der Waals surface area contributed by atoms with Gasteiger partial charge in [0.1, 0.15) is 0 Å². The Balaban J connectivity index is 1.67. The summed E-state index contributed by atoms with van der Waals surface area (Å²) in [6.07, 6.45) is 9.36. The van der Waals surface area contributed by atoms with Crippen molar-refractivity contribution in [3.05, 3.63) is 24.0 Å². The van der Waals surface area contributed by atoms with E-state index in [4.69, 9.17) is 0 Å². The Morgan fingerprint density at radius 2 is 2.20 bits per heavy atom. The summed E-state index contributed by atoms with van der Waals surface area (Å²) in [6.45, 7) is 4.63. The monoisotopic (exact) mass is 205 g/mol. The van der Waals surface area contributed by atoms with Gasteiger partial charge in [-0.3, -0.25) is 5.01 Å². The lowest BCUT2D eigenvalue weighted by Crippen LogP contribution is -2.54. The van der Waals surface area contributed by atoms with Crippen molar-refractivity contribution in [2.45, 2.75) is 25.8 Å². The minimum Gasteiger partial charge on any atom is -0.316 e. The molecule has 15 heavy (non-hydrogen) atoms. The second-order valence-corrected chi connectivity index (χ2v) is 4.93. The number of nitrogens with zero attached hydrogens (tertiary/aromatic N) is 1. The highest BCUT2D eigenvalue weighted by atomic mass is 15.5. The fourth-order valence-corrected chi connectivity index (χ4v) is 2.23. The Hall–Kier alpha value is -0.960. The maximum Gasteiger partial charge on any atom is 0.0521 e. The number of allylic oxidation sites excluding steroid dienone is 2. The second-order valence-electron chi connectivity index (χ2n) is 4.93. The van der Waals surface area contributed by atoms with Crippen molar-refractivity contribution in [3.8, 4) is 0 Å². The normalized spacial score (nSPS) is 28.1. The average Bonchev–Trinajstić information content (AvgIpc) is 2.98. The fourth-order valence-electron chi connectivity index (χ4n) is 2.23. The summed E-state index contributed by atoms with van der Waals surface area (Å²) in [5, 5.41) is 5.61. The van der Waals surface area contributed by atoms with Gasteiger partial charge in [-0.1, -0.05) is 0 Å². The van der Waals surface area contributed by atoms with Crippen LogP contribution < -0.4 is 10.7 Å². The molecule has 0 radical (unpaired) electrons. The van der Waals surface area contributed by atoms with Crippen LogP contribution in [0.2, 0.25) is 0 Å². The summed E-state index contributed by atoms with van der Waals surface area (Å²) in [7, 11) is 0. The van der Waals surface area contributed by atoms with E-state index in [1.54, 1.807) is 0 Å². The van der Waals surface area contributed by atoms with Gasteiger partial charge < -0.3 is 10.7 Å². The largest absolute Gasteiger partial charge is 0.316 e. The van der Waals surface area contributed by atoms with Gasteiger partial charge in [-0.05, 0) is 37.3 Å². The van der Waals surface area contributed by atoms with Crippen molar-refractivity contribution in [1.82, 2.24) is 15.8 Å². The predicted molar refractivity (Wildman–Crippen MR) is 60.7 cm³/mol. The molecule has 0 amide bonds. The topological polar surface area (TPSA) is 27.3 Å². The highest BCUT2D eigenvalue weighted by Crippen LogP contribution is 2.38. The van der Waals surface area contributed by atoms with E-state index >= 15 is 0 Å². The van der Waals surface area contributed by atoms with Crippen molar-refractivity contribution < 1.29 is 0 Å². The first kappa shape index (κ1) is 9.28. The third kappa shape index (κ3) is 1.76. The van der Waals surface area contributed by atoms with E-state index in [-0.39, 0.29) is 0 Å². The molecule has 2 heterocycles. The van der Waals surface area contributed by atoms with Crippen LogP contribution in [0.1, 0.15) is 19.8 Å². The average molecular weight is 205 g/mol. The molecule has 3 heteroatoms. The Kier molecular flexibility index (Phi) is 2.20. The first-order valence-corrected chi connectivity index (χ1v) is 5.98. The van der Waals surface area contributed by atoms with E-state index in [9.17, 15) is 0 Å². The number of hydrazine groups is 1. The molecule has 2 aliphatic heterocycles. The SMILES string of the molecule is CC(C1CNC1)N1C=C(C2CC2)C=CN1. The summed E-state index contributed by atoms with van der Waals surface area (Å²) in [4.78, 5) is 0. The summed E-state index contributed by atoms with van der Waals surface area (Å²) < 4.78 is 0. The maximum absolute atomic E-state index is 3.33. The summed E-state index contributed by atoms with van der Waals surface area (Å²) in [5.74, 6) is 1.64. The van der Waals surface area contributed by atoms with Gasteiger partial charge in [-0.2, -0.15) is 0 Å². The minimum atomic E-state index is 0.588. The lowest BCUT2D eigenvalue weighted by molar-refractivity contribution is 0.136. The van der Waals surface area contributed by atoms with Gasteiger partial charge in [-0.25, -0.2) is 0 Å². The lowest BCUT2D eigenvalue weighted by Gasteiger charge is -2.40. The van der Waals surface area contributed by atoms with E-state index in [1.165, 1.54) is 18.4 Å². The quantitative estimate of drug-likeness (QED) is 0.725. The van der Waals surface area contributed by atoms with Gasteiger partial charge >= 0.3 is 0 Å². The van der Waals surface area contributed by atoms with Crippen LogP contribution in [-0.2, 0) is 0 Å². The van der Waals surface area contributed by atoms with E-state index in [1.807, 2.05) is 0 Å². The van der Waals surface area contributed by atoms with Crippen LogP contribution in [-0.4, -0.2) is 24.1 Å². The molecular formula is C12H19N3. The number of rotatable bonds is 3. The highest BCUT2D eigenvalue weighted by Gasteiger charge is 2.30. The van der Waals surface area contributed by atoms with Gasteiger partial charge in [-0.15, -0.1) is 0 Å². The number of nitrogens with one attached hydrogen (secondary N) is 2. The molecule has 1 saturated carbocycles. The van der Waals surface area contributed by atoms with E-state index < -0.39 is 0 Å². The highest BCUT2D eigenvalue weighted by molar-refractivity contribution is 5.26. The molecule has 0 aromatic heterocycles. The van der Waals surface area contributed by atoms with Gasteiger partial charge in [0.25, 0.3) is 0 Å². The molecule has 0 spiro atoms. The first-order valence-electron chi connectivity index (χ1n) is 5.98. The Bertz CT molecular complexity index is 300. The first-order chi connectivity index (χ1) is 7.34. The summed E-state index contributed by atoms with van der Waals surface area (Å²) in [6, 6.07) is 0.588. The molecule has 2 N–H and O–H groups in total. The van der Waals surface area contributed by atoms with Gasteiger partial charge in [0.05, 0.1) is 6.04 Å². The van der Waals surface area contributed by atoms with E-state index in [2.05, 4.69) is 41.2 Å². The van der Waals surface area contributed by atoms with Gasteiger partial charge in [0, 0.05) is 31.4 Å². The van der Waals surface area contributed by atoms with Crippen LogP contribution in [0.15, 0.2) is 24.0 Å². The molecule has 2 fully saturated rings. The summed E-state index contributed by atoms with van der Waals surface area (Å²) >= 11 is 0. The van der Waals surface area contributed by atoms with E-state index in [0.717, 1.165) is 24.9 Å². The van der Waals surface area contributed by atoms with Crippen LogP contribution in [0.5, 0.6) is 0 Å². The third-order valence-corrected chi connectivity index (χ3v) is 3.77. The van der Waals surface area contributed by atoms with Gasteiger partial charge in [0.15, 0.2) is 0 Å². The molecule has 1 saturated heterocycles. The van der Waals surface area contributed by atoms with Crippen molar-refractivity contribution in [1.29, 1.82) is 0 Å². The lowest BCUT2D eigenvalue weighted by atomic mass is 9.94.